The first-order valence-corrected chi connectivity index (χ1v) is 8.10. The van der Waals surface area contributed by atoms with Crippen LogP contribution in [0.4, 0.5) is 4.79 Å². The van der Waals surface area contributed by atoms with Gasteiger partial charge in [-0.05, 0) is 49.4 Å². The smallest absolute Gasteiger partial charge is 0.325 e. The molecule has 1 saturated heterocycles. The molecule has 1 spiro atoms. The first kappa shape index (κ1) is 16.3. The molecule has 7 nitrogen and oxygen atoms in total. The van der Waals surface area contributed by atoms with Crippen LogP contribution in [-0.4, -0.2) is 42.9 Å². The molecule has 0 saturated carbocycles. The van der Waals surface area contributed by atoms with Gasteiger partial charge in [-0.1, -0.05) is 6.07 Å². The summed E-state index contributed by atoms with van der Waals surface area (Å²) in [7, 11) is 1.59. The molecule has 0 unspecified atom stereocenters. The lowest BCUT2D eigenvalue weighted by Gasteiger charge is -2.33. The number of fused-ring (bicyclic) bond motifs is 2. The number of hydrogen-bond donors (Lipinski definition) is 2. The van der Waals surface area contributed by atoms with Gasteiger partial charge in [0.2, 0.25) is 5.91 Å². The Hall–Kier alpha value is -2.57. The minimum absolute atomic E-state index is 0.258. The molecule has 0 aromatic heterocycles. The third kappa shape index (κ3) is 2.50. The summed E-state index contributed by atoms with van der Waals surface area (Å²) in [6.07, 6.45) is 2.14. The highest BCUT2D eigenvalue weighted by molar-refractivity contribution is 6.09. The number of hydrogen-bond acceptors (Lipinski definition) is 4. The van der Waals surface area contributed by atoms with Crippen LogP contribution in [0.15, 0.2) is 18.2 Å². The maximum Gasteiger partial charge on any atom is 0.325 e. The number of carbonyl (C=O) groups is 3. The molecule has 0 bridgehead atoms. The van der Waals surface area contributed by atoms with Gasteiger partial charge in [-0.3, -0.25) is 14.5 Å². The third-order valence-corrected chi connectivity index (χ3v) is 4.62. The van der Waals surface area contributed by atoms with Crippen molar-refractivity contribution in [3.05, 3.63) is 29.3 Å². The van der Waals surface area contributed by atoms with Gasteiger partial charge in [0.1, 0.15) is 17.8 Å². The van der Waals surface area contributed by atoms with Crippen molar-refractivity contribution in [2.75, 3.05) is 20.2 Å². The lowest BCUT2D eigenvalue weighted by Crippen LogP contribution is -2.47. The topological polar surface area (TPSA) is 87.7 Å². The summed E-state index contributed by atoms with van der Waals surface area (Å²) in [6.45, 7) is 1.98. The van der Waals surface area contributed by atoms with Gasteiger partial charge in [0.25, 0.3) is 5.91 Å². The van der Waals surface area contributed by atoms with Crippen LogP contribution < -0.4 is 15.4 Å². The zero-order chi connectivity index (χ0) is 17.3. The number of amides is 4. The fraction of sp³-hybridized carbons (Fsp3) is 0.471. The van der Waals surface area contributed by atoms with Gasteiger partial charge < -0.3 is 15.4 Å². The summed E-state index contributed by atoms with van der Waals surface area (Å²) in [5.41, 5.74) is 0.726. The SMILES string of the molecule is CCNC(=O)CN1C(=O)N[C@]2(CCCc3cc(OC)ccc32)C1=O. The number of methoxy groups -OCH3 is 1. The Morgan fingerprint density at radius 2 is 2.21 bits per heavy atom. The van der Waals surface area contributed by atoms with E-state index in [9.17, 15) is 14.4 Å². The first-order valence-electron chi connectivity index (χ1n) is 8.10. The largest absolute Gasteiger partial charge is 0.497 e. The van der Waals surface area contributed by atoms with Crippen LogP contribution in [0, 0.1) is 0 Å². The van der Waals surface area contributed by atoms with E-state index in [0.717, 1.165) is 34.6 Å². The Labute approximate surface area is 140 Å². The van der Waals surface area contributed by atoms with Crippen LogP contribution >= 0.6 is 0 Å². The van der Waals surface area contributed by atoms with Crippen LogP contribution in [-0.2, 0) is 21.5 Å². The fourth-order valence-electron chi connectivity index (χ4n) is 3.52. The minimum atomic E-state index is -1.07. The molecule has 1 fully saturated rings. The van der Waals surface area contributed by atoms with Crippen molar-refractivity contribution in [2.45, 2.75) is 31.7 Å². The van der Waals surface area contributed by atoms with E-state index in [2.05, 4.69) is 10.6 Å². The van der Waals surface area contributed by atoms with Crippen LogP contribution in [0.25, 0.3) is 0 Å². The molecule has 1 aliphatic heterocycles. The van der Waals surface area contributed by atoms with Crippen molar-refractivity contribution in [3.63, 3.8) is 0 Å². The average molecular weight is 331 g/mol. The molecule has 2 N–H and O–H groups in total. The number of carbonyl (C=O) groups excluding carboxylic acids is 3. The Bertz CT molecular complexity index is 703. The summed E-state index contributed by atoms with van der Waals surface area (Å²) < 4.78 is 5.24. The molecule has 1 aromatic carbocycles. The maximum absolute atomic E-state index is 13.0. The Balaban J connectivity index is 1.94. The Morgan fingerprint density at radius 1 is 1.42 bits per heavy atom. The Morgan fingerprint density at radius 3 is 2.92 bits per heavy atom. The van der Waals surface area contributed by atoms with Crippen molar-refractivity contribution in [1.82, 2.24) is 15.5 Å². The van der Waals surface area contributed by atoms with Gasteiger partial charge in [-0.15, -0.1) is 0 Å². The van der Waals surface area contributed by atoms with Crippen LogP contribution in [0.2, 0.25) is 0 Å². The molecule has 24 heavy (non-hydrogen) atoms. The minimum Gasteiger partial charge on any atom is -0.497 e. The molecule has 7 heteroatoms. The molecule has 1 aliphatic carbocycles. The van der Waals surface area contributed by atoms with E-state index in [4.69, 9.17) is 4.74 Å². The van der Waals surface area contributed by atoms with Gasteiger partial charge >= 0.3 is 6.03 Å². The standard InChI is InChI=1S/C17H21N3O4/c1-3-18-14(21)10-20-15(22)17(19-16(20)23)8-4-5-11-9-12(24-2)6-7-13(11)17/h6-7,9H,3-5,8,10H2,1-2H3,(H,18,21)(H,19,23)/t17-/m0/s1. The molecular formula is C17H21N3O4. The summed E-state index contributed by atoms with van der Waals surface area (Å²) in [5.74, 6) is 0.0236. The van der Waals surface area contributed by atoms with E-state index in [1.807, 2.05) is 12.1 Å². The number of urea groups is 1. The number of rotatable bonds is 4. The van der Waals surface area contributed by atoms with Crippen molar-refractivity contribution >= 4 is 17.8 Å². The normalized spacial score (nSPS) is 22.3. The van der Waals surface area contributed by atoms with E-state index in [0.29, 0.717) is 13.0 Å². The van der Waals surface area contributed by atoms with E-state index < -0.39 is 11.6 Å². The zero-order valence-electron chi connectivity index (χ0n) is 13.8. The number of nitrogens with one attached hydrogen (secondary N) is 2. The van der Waals surface area contributed by atoms with Gasteiger partial charge in [0.15, 0.2) is 0 Å². The highest BCUT2D eigenvalue weighted by Gasteiger charge is 2.54. The lowest BCUT2D eigenvalue weighted by atomic mass is 9.76. The van der Waals surface area contributed by atoms with Crippen molar-refractivity contribution in [2.24, 2.45) is 0 Å². The second-order valence-electron chi connectivity index (χ2n) is 6.06. The summed E-state index contributed by atoms with van der Waals surface area (Å²) in [5, 5.41) is 5.44. The first-order chi connectivity index (χ1) is 11.5. The van der Waals surface area contributed by atoms with E-state index in [1.54, 1.807) is 20.1 Å². The second kappa shape index (κ2) is 6.14. The zero-order valence-corrected chi connectivity index (χ0v) is 13.8. The second-order valence-corrected chi connectivity index (χ2v) is 6.06. The third-order valence-electron chi connectivity index (χ3n) is 4.62. The van der Waals surface area contributed by atoms with E-state index in [1.165, 1.54) is 0 Å². The van der Waals surface area contributed by atoms with Crippen LogP contribution in [0.1, 0.15) is 30.9 Å². The summed E-state index contributed by atoms with van der Waals surface area (Å²) in [4.78, 5) is 38.1. The predicted octanol–water partition coefficient (Wildman–Crippen LogP) is 0.915. The molecule has 1 atom stereocenters. The quantitative estimate of drug-likeness (QED) is 0.803. The predicted molar refractivity (Wildman–Crippen MR) is 86.5 cm³/mol. The summed E-state index contributed by atoms with van der Waals surface area (Å²) in [6, 6.07) is 5.01. The van der Waals surface area contributed by atoms with Gasteiger partial charge in [-0.2, -0.15) is 0 Å². The van der Waals surface area contributed by atoms with Gasteiger partial charge in [0.05, 0.1) is 7.11 Å². The van der Waals surface area contributed by atoms with E-state index in [-0.39, 0.29) is 18.4 Å². The van der Waals surface area contributed by atoms with E-state index >= 15 is 0 Å². The van der Waals surface area contributed by atoms with Crippen molar-refractivity contribution in [1.29, 1.82) is 0 Å². The monoisotopic (exact) mass is 331 g/mol. The molecule has 4 amide bonds. The highest BCUT2D eigenvalue weighted by atomic mass is 16.5. The molecule has 128 valence electrons. The number of ether oxygens (including phenoxy) is 1. The lowest BCUT2D eigenvalue weighted by molar-refractivity contribution is -0.135. The van der Waals surface area contributed by atoms with Crippen LogP contribution in [0.5, 0.6) is 5.75 Å². The molecule has 1 heterocycles. The van der Waals surface area contributed by atoms with Gasteiger partial charge in [0, 0.05) is 6.54 Å². The number of aryl methyl sites for hydroxylation is 1. The maximum atomic E-state index is 13.0. The number of nitrogens with zero attached hydrogens (tertiary/aromatic N) is 1. The number of likely N-dealkylation sites (N-methyl/N-ethyl adjacent to an activating group) is 1. The Kier molecular flexibility index (Phi) is 4.17. The van der Waals surface area contributed by atoms with Crippen molar-refractivity contribution < 1.29 is 19.1 Å². The molecule has 3 rings (SSSR count). The molecule has 2 aliphatic rings. The van der Waals surface area contributed by atoms with Crippen molar-refractivity contribution in [3.8, 4) is 5.75 Å². The van der Waals surface area contributed by atoms with Crippen LogP contribution in [0.3, 0.4) is 0 Å². The number of imide groups is 1. The number of benzene rings is 1. The average Bonchev–Trinajstić information content (AvgIpc) is 2.80. The molecular weight excluding hydrogens is 310 g/mol. The molecule has 0 radical (unpaired) electrons. The highest BCUT2D eigenvalue weighted by Crippen LogP contribution is 2.41. The fourth-order valence-corrected chi connectivity index (χ4v) is 3.52. The molecule has 1 aromatic rings. The van der Waals surface area contributed by atoms with Gasteiger partial charge in [-0.25, -0.2) is 4.79 Å². The summed E-state index contributed by atoms with van der Waals surface area (Å²) >= 11 is 0.